The van der Waals surface area contributed by atoms with E-state index in [1.165, 1.54) is 0 Å². The number of carbonyl (C=O) groups excluding carboxylic acids is 1. The van der Waals surface area contributed by atoms with Crippen LogP contribution in [0.25, 0.3) is 0 Å². The molecule has 0 bridgehead atoms. The number of amides is 1. The molecule has 1 fully saturated rings. The number of nitrogens with zero attached hydrogens (tertiary/aromatic N) is 2. The van der Waals surface area contributed by atoms with Crippen LogP contribution in [0, 0.1) is 11.8 Å². The number of hydrogen-bond donors (Lipinski definition) is 1. The van der Waals surface area contributed by atoms with Crippen LogP contribution < -0.4 is 5.73 Å². The smallest absolute Gasteiger partial charge is 0.272 e. The van der Waals surface area contributed by atoms with Gasteiger partial charge in [-0.15, -0.1) is 0 Å². The molecular weight excluding hydrogens is 242 g/mol. The van der Waals surface area contributed by atoms with Crippen molar-refractivity contribution in [3.63, 3.8) is 0 Å². The van der Waals surface area contributed by atoms with Crippen LogP contribution in [0.15, 0.2) is 18.3 Å². The number of carbonyl (C=O) groups is 1. The third-order valence-corrected chi connectivity index (χ3v) is 2.85. The van der Waals surface area contributed by atoms with Crippen LogP contribution in [-0.2, 0) is 4.74 Å². The lowest BCUT2D eigenvalue weighted by Crippen LogP contribution is -2.44. The van der Waals surface area contributed by atoms with E-state index < -0.39 is 0 Å². The lowest BCUT2D eigenvalue weighted by molar-refractivity contribution is -0.0126. The number of hydrogen-bond acceptors (Lipinski definition) is 4. The fourth-order valence-corrected chi connectivity index (χ4v) is 1.91. The van der Waals surface area contributed by atoms with Gasteiger partial charge in [-0.25, -0.2) is 4.98 Å². The summed E-state index contributed by atoms with van der Waals surface area (Å²) in [5.74, 6) is 5.56. The third-order valence-electron chi connectivity index (χ3n) is 2.85. The molecule has 1 aromatic rings. The second-order valence-electron chi connectivity index (χ2n) is 4.37. The normalized spacial score (nSPS) is 18.6. The van der Waals surface area contributed by atoms with Gasteiger partial charge in [-0.2, -0.15) is 0 Å². The summed E-state index contributed by atoms with van der Waals surface area (Å²) in [6, 6.07) is 3.48. The minimum Gasteiger partial charge on any atom is -0.375 e. The van der Waals surface area contributed by atoms with E-state index in [-0.39, 0.29) is 12.0 Å². The zero-order valence-corrected chi connectivity index (χ0v) is 10.9. The third kappa shape index (κ3) is 3.53. The van der Waals surface area contributed by atoms with Crippen molar-refractivity contribution in [2.45, 2.75) is 13.0 Å². The molecule has 100 valence electrons. The Balaban J connectivity index is 2.07. The fraction of sp³-hybridized carbons (Fsp3) is 0.429. The van der Waals surface area contributed by atoms with Crippen LogP contribution >= 0.6 is 0 Å². The second-order valence-corrected chi connectivity index (χ2v) is 4.37. The van der Waals surface area contributed by atoms with Gasteiger partial charge in [-0.1, -0.05) is 11.8 Å². The second kappa shape index (κ2) is 6.32. The number of aromatic nitrogens is 1. The Bertz CT molecular complexity index is 502. The van der Waals surface area contributed by atoms with Crippen molar-refractivity contribution in [2.24, 2.45) is 5.73 Å². The molecule has 1 atom stereocenters. The molecular formula is C14H17N3O2. The predicted octanol–water partition coefficient (Wildman–Crippen LogP) is 0.253. The van der Waals surface area contributed by atoms with Crippen LogP contribution in [0.2, 0.25) is 0 Å². The lowest BCUT2D eigenvalue weighted by Gasteiger charge is -2.30. The molecule has 5 nitrogen and oxygen atoms in total. The molecule has 1 amide bonds. The van der Waals surface area contributed by atoms with Crippen molar-refractivity contribution in [1.82, 2.24) is 9.88 Å². The molecule has 2 N–H and O–H groups in total. The van der Waals surface area contributed by atoms with Crippen molar-refractivity contribution in [3.8, 4) is 11.8 Å². The first-order chi connectivity index (χ1) is 9.20. The molecule has 0 aromatic carbocycles. The molecule has 2 heterocycles. The maximum absolute atomic E-state index is 12.2. The number of pyridine rings is 1. The van der Waals surface area contributed by atoms with E-state index >= 15 is 0 Å². The van der Waals surface area contributed by atoms with Crippen LogP contribution in [-0.4, -0.2) is 48.1 Å². The Morgan fingerprint density at radius 1 is 1.63 bits per heavy atom. The number of nitrogens with two attached hydrogens (primary N) is 1. The van der Waals surface area contributed by atoms with Gasteiger partial charge in [0.05, 0.1) is 19.3 Å². The molecule has 1 unspecified atom stereocenters. The van der Waals surface area contributed by atoms with Gasteiger partial charge >= 0.3 is 0 Å². The van der Waals surface area contributed by atoms with Crippen molar-refractivity contribution in [2.75, 3.05) is 26.2 Å². The van der Waals surface area contributed by atoms with Gasteiger partial charge in [0.25, 0.3) is 5.91 Å². The van der Waals surface area contributed by atoms with Crippen molar-refractivity contribution >= 4 is 5.91 Å². The first kappa shape index (κ1) is 13.5. The molecule has 0 radical (unpaired) electrons. The summed E-state index contributed by atoms with van der Waals surface area (Å²) < 4.78 is 5.41. The highest BCUT2D eigenvalue weighted by Crippen LogP contribution is 2.09. The summed E-state index contributed by atoms with van der Waals surface area (Å²) in [7, 11) is 0. The quantitative estimate of drug-likeness (QED) is 0.734. The van der Waals surface area contributed by atoms with Gasteiger partial charge in [0, 0.05) is 24.8 Å². The minimum absolute atomic E-state index is 0.0616. The Kier molecular flexibility index (Phi) is 4.50. The monoisotopic (exact) mass is 259 g/mol. The van der Waals surface area contributed by atoms with E-state index in [1.54, 1.807) is 23.2 Å². The van der Waals surface area contributed by atoms with Crippen LogP contribution in [0.4, 0.5) is 0 Å². The molecule has 1 saturated heterocycles. The highest BCUT2D eigenvalue weighted by Gasteiger charge is 2.22. The van der Waals surface area contributed by atoms with Crippen LogP contribution in [0.3, 0.4) is 0 Å². The van der Waals surface area contributed by atoms with E-state index in [2.05, 4.69) is 16.8 Å². The van der Waals surface area contributed by atoms with Gasteiger partial charge in [-0.3, -0.25) is 4.79 Å². The van der Waals surface area contributed by atoms with E-state index in [9.17, 15) is 4.79 Å². The van der Waals surface area contributed by atoms with Gasteiger partial charge in [0.2, 0.25) is 0 Å². The average molecular weight is 259 g/mol. The van der Waals surface area contributed by atoms with Gasteiger partial charge in [0.15, 0.2) is 0 Å². The largest absolute Gasteiger partial charge is 0.375 e. The Morgan fingerprint density at radius 3 is 3.11 bits per heavy atom. The van der Waals surface area contributed by atoms with Crippen molar-refractivity contribution in [3.05, 3.63) is 29.6 Å². The molecule has 1 aromatic heterocycles. The molecule has 2 rings (SSSR count). The molecule has 0 spiro atoms. The topological polar surface area (TPSA) is 68.5 Å². The predicted molar refractivity (Wildman–Crippen MR) is 71.5 cm³/mol. The molecule has 0 saturated carbocycles. The SMILES string of the molecule is CC1CN(C(=O)c2ccc(C#CCN)cn2)CCO1. The maximum atomic E-state index is 12.2. The summed E-state index contributed by atoms with van der Waals surface area (Å²) in [6.45, 7) is 4.06. The molecule has 1 aliphatic rings. The number of ether oxygens (including phenoxy) is 1. The summed E-state index contributed by atoms with van der Waals surface area (Å²) >= 11 is 0. The van der Waals surface area contributed by atoms with E-state index in [1.807, 2.05) is 6.92 Å². The maximum Gasteiger partial charge on any atom is 0.272 e. The molecule has 5 heteroatoms. The van der Waals surface area contributed by atoms with Crippen molar-refractivity contribution in [1.29, 1.82) is 0 Å². The summed E-state index contributed by atoms with van der Waals surface area (Å²) in [6.07, 6.45) is 1.67. The van der Waals surface area contributed by atoms with Gasteiger partial charge < -0.3 is 15.4 Å². The van der Waals surface area contributed by atoms with Crippen LogP contribution in [0.1, 0.15) is 23.0 Å². The number of morpholine rings is 1. The fourth-order valence-electron chi connectivity index (χ4n) is 1.91. The van der Waals surface area contributed by atoms with Gasteiger partial charge in [0.1, 0.15) is 5.69 Å². The van der Waals surface area contributed by atoms with E-state index in [0.717, 1.165) is 5.56 Å². The van der Waals surface area contributed by atoms with E-state index in [0.29, 0.717) is 31.9 Å². The van der Waals surface area contributed by atoms with Crippen molar-refractivity contribution < 1.29 is 9.53 Å². The average Bonchev–Trinajstić information content (AvgIpc) is 2.45. The first-order valence-corrected chi connectivity index (χ1v) is 6.26. The van der Waals surface area contributed by atoms with Gasteiger partial charge in [-0.05, 0) is 19.1 Å². The summed E-state index contributed by atoms with van der Waals surface area (Å²) in [5.41, 5.74) is 6.50. The molecule has 19 heavy (non-hydrogen) atoms. The standard InChI is InChI=1S/C14H17N3O2/c1-11-10-17(7-8-19-11)14(18)13-5-4-12(9-16-13)3-2-6-15/h4-5,9,11H,6-8,10,15H2,1H3. The Labute approximate surface area is 112 Å². The zero-order chi connectivity index (χ0) is 13.7. The highest BCUT2D eigenvalue weighted by molar-refractivity contribution is 5.92. The minimum atomic E-state index is -0.0616. The Morgan fingerprint density at radius 2 is 2.47 bits per heavy atom. The van der Waals surface area contributed by atoms with Crippen LogP contribution in [0.5, 0.6) is 0 Å². The molecule has 0 aliphatic carbocycles. The summed E-state index contributed by atoms with van der Waals surface area (Å²) in [4.78, 5) is 18.1. The molecule has 1 aliphatic heterocycles. The zero-order valence-electron chi connectivity index (χ0n) is 10.9. The summed E-state index contributed by atoms with van der Waals surface area (Å²) in [5, 5.41) is 0. The van der Waals surface area contributed by atoms with E-state index in [4.69, 9.17) is 10.5 Å². The Hall–Kier alpha value is -1.90. The number of rotatable bonds is 1. The highest BCUT2D eigenvalue weighted by atomic mass is 16.5. The first-order valence-electron chi connectivity index (χ1n) is 6.26. The lowest BCUT2D eigenvalue weighted by atomic mass is 10.2.